The fourth-order valence-electron chi connectivity index (χ4n) is 1.71. The van der Waals surface area contributed by atoms with Gasteiger partial charge in [-0.15, -0.1) is 0 Å². The molecule has 2 heterocycles. The maximum Gasteiger partial charge on any atom is 0.256 e. The third-order valence-electron chi connectivity index (χ3n) is 2.50. The van der Waals surface area contributed by atoms with Gasteiger partial charge in [-0.25, -0.2) is 4.98 Å². The van der Waals surface area contributed by atoms with Crippen LogP contribution in [-0.4, -0.2) is 34.3 Å². The van der Waals surface area contributed by atoms with Gasteiger partial charge in [-0.1, -0.05) is 0 Å². The molecule has 0 radical (unpaired) electrons. The fraction of sp³-hybridized carbons (Fsp3) is 0.364. The van der Waals surface area contributed by atoms with E-state index in [2.05, 4.69) is 15.4 Å². The molecular weight excluding hydrogens is 220 g/mol. The summed E-state index contributed by atoms with van der Waals surface area (Å²) in [4.78, 5) is 16.0. The molecule has 0 atom stereocenters. The zero-order valence-corrected chi connectivity index (χ0v) is 10.0. The van der Waals surface area contributed by atoms with Crippen LogP contribution in [0.2, 0.25) is 0 Å². The summed E-state index contributed by atoms with van der Waals surface area (Å²) < 4.78 is 6.92. The van der Waals surface area contributed by atoms with Crippen LogP contribution in [0, 0.1) is 0 Å². The largest absolute Gasteiger partial charge is 0.495 e. The van der Waals surface area contributed by atoms with Gasteiger partial charge < -0.3 is 10.1 Å². The maximum absolute atomic E-state index is 11.8. The van der Waals surface area contributed by atoms with Crippen molar-refractivity contribution in [1.29, 1.82) is 0 Å². The van der Waals surface area contributed by atoms with Crippen molar-refractivity contribution >= 4 is 16.9 Å². The SMILES string of the molecule is CCNC(=O)c1cnc2c(cnn2C)c1OC. The standard InChI is InChI=1S/C11H14N4O2/c1-4-12-11(16)8-5-13-10-7(9(8)17-3)6-14-15(10)2/h5-6H,4H2,1-3H3,(H,12,16). The Labute approximate surface area is 98.6 Å². The molecule has 1 N–H and O–H groups in total. The molecule has 0 saturated heterocycles. The van der Waals surface area contributed by atoms with Crippen LogP contribution in [0.5, 0.6) is 5.75 Å². The lowest BCUT2D eigenvalue weighted by Crippen LogP contribution is -2.23. The molecule has 0 spiro atoms. The third-order valence-corrected chi connectivity index (χ3v) is 2.50. The Kier molecular flexibility index (Phi) is 2.95. The minimum Gasteiger partial charge on any atom is -0.495 e. The number of ether oxygens (including phenoxy) is 1. The molecule has 90 valence electrons. The second-order valence-electron chi connectivity index (χ2n) is 3.57. The highest BCUT2D eigenvalue weighted by Crippen LogP contribution is 2.27. The van der Waals surface area contributed by atoms with Crippen LogP contribution in [0.15, 0.2) is 12.4 Å². The van der Waals surface area contributed by atoms with Gasteiger partial charge in [0.2, 0.25) is 0 Å². The molecular formula is C11H14N4O2. The van der Waals surface area contributed by atoms with Crippen molar-refractivity contribution in [3.05, 3.63) is 18.0 Å². The van der Waals surface area contributed by atoms with Crippen LogP contribution in [0.25, 0.3) is 11.0 Å². The molecule has 0 saturated carbocycles. The van der Waals surface area contributed by atoms with E-state index in [0.29, 0.717) is 23.5 Å². The van der Waals surface area contributed by atoms with Gasteiger partial charge in [0.05, 0.1) is 18.7 Å². The molecule has 17 heavy (non-hydrogen) atoms. The van der Waals surface area contributed by atoms with E-state index in [-0.39, 0.29) is 5.91 Å². The van der Waals surface area contributed by atoms with Crippen LogP contribution in [-0.2, 0) is 7.05 Å². The second kappa shape index (κ2) is 4.40. The molecule has 2 aromatic heterocycles. The average Bonchev–Trinajstić information content (AvgIpc) is 2.70. The van der Waals surface area contributed by atoms with Gasteiger partial charge in [-0.3, -0.25) is 9.48 Å². The number of methoxy groups -OCH3 is 1. The van der Waals surface area contributed by atoms with Crippen molar-refractivity contribution in [2.45, 2.75) is 6.92 Å². The van der Waals surface area contributed by atoms with Crippen LogP contribution in [0.3, 0.4) is 0 Å². The van der Waals surface area contributed by atoms with Crippen molar-refractivity contribution in [2.24, 2.45) is 7.05 Å². The van der Waals surface area contributed by atoms with E-state index in [0.717, 1.165) is 5.39 Å². The highest BCUT2D eigenvalue weighted by molar-refractivity contribution is 6.01. The zero-order chi connectivity index (χ0) is 12.4. The minimum absolute atomic E-state index is 0.192. The lowest BCUT2D eigenvalue weighted by atomic mass is 10.2. The summed E-state index contributed by atoms with van der Waals surface area (Å²) in [5.41, 5.74) is 1.12. The number of aromatic nitrogens is 3. The third kappa shape index (κ3) is 1.82. The quantitative estimate of drug-likeness (QED) is 0.849. The minimum atomic E-state index is -0.192. The van der Waals surface area contributed by atoms with Gasteiger partial charge in [0.25, 0.3) is 5.91 Å². The summed E-state index contributed by atoms with van der Waals surface area (Å²) in [6.45, 7) is 2.42. The van der Waals surface area contributed by atoms with Gasteiger partial charge in [-0.05, 0) is 6.92 Å². The number of hydrogen-bond acceptors (Lipinski definition) is 4. The van der Waals surface area contributed by atoms with E-state index < -0.39 is 0 Å². The number of amides is 1. The van der Waals surface area contributed by atoms with Crippen molar-refractivity contribution in [3.63, 3.8) is 0 Å². The topological polar surface area (TPSA) is 69.0 Å². The van der Waals surface area contributed by atoms with Gasteiger partial charge in [0, 0.05) is 19.8 Å². The summed E-state index contributed by atoms with van der Waals surface area (Å²) in [6, 6.07) is 0. The smallest absolute Gasteiger partial charge is 0.256 e. The number of fused-ring (bicyclic) bond motifs is 1. The van der Waals surface area contributed by atoms with Gasteiger partial charge in [0.1, 0.15) is 11.3 Å². The van der Waals surface area contributed by atoms with E-state index in [1.807, 2.05) is 6.92 Å². The molecule has 0 aliphatic heterocycles. The highest BCUT2D eigenvalue weighted by Gasteiger charge is 2.17. The van der Waals surface area contributed by atoms with Crippen molar-refractivity contribution in [1.82, 2.24) is 20.1 Å². The number of carbonyl (C=O) groups excluding carboxylic acids is 1. The summed E-state index contributed by atoms with van der Waals surface area (Å²) >= 11 is 0. The first kappa shape index (κ1) is 11.4. The molecule has 2 rings (SSSR count). The van der Waals surface area contributed by atoms with E-state index in [1.165, 1.54) is 13.3 Å². The number of hydrogen-bond donors (Lipinski definition) is 1. The summed E-state index contributed by atoms with van der Waals surface area (Å²) in [5.74, 6) is 0.316. The lowest BCUT2D eigenvalue weighted by molar-refractivity contribution is 0.0952. The Morgan fingerprint density at radius 1 is 1.53 bits per heavy atom. The van der Waals surface area contributed by atoms with E-state index >= 15 is 0 Å². The summed E-state index contributed by atoms with van der Waals surface area (Å²) in [7, 11) is 3.32. The first-order chi connectivity index (χ1) is 8.19. The number of aryl methyl sites for hydroxylation is 1. The van der Waals surface area contributed by atoms with Crippen LogP contribution < -0.4 is 10.1 Å². The normalized spacial score (nSPS) is 10.5. The number of rotatable bonds is 3. The number of nitrogens with zero attached hydrogens (tertiary/aromatic N) is 3. The average molecular weight is 234 g/mol. The molecule has 2 aromatic rings. The van der Waals surface area contributed by atoms with Crippen LogP contribution in [0.1, 0.15) is 17.3 Å². The maximum atomic E-state index is 11.8. The lowest BCUT2D eigenvalue weighted by Gasteiger charge is -2.08. The summed E-state index contributed by atoms with van der Waals surface area (Å²) in [6.07, 6.45) is 3.15. The Balaban J connectivity index is 2.61. The number of carbonyl (C=O) groups is 1. The zero-order valence-electron chi connectivity index (χ0n) is 10.0. The number of pyridine rings is 1. The first-order valence-electron chi connectivity index (χ1n) is 5.32. The van der Waals surface area contributed by atoms with Crippen molar-refractivity contribution in [2.75, 3.05) is 13.7 Å². The molecule has 0 bridgehead atoms. The van der Waals surface area contributed by atoms with Gasteiger partial charge >= 0.3 is 0 Å². The van der Waals surface area contributed by atoms with E-state index in [9.17, 15) is 4.79 Å². The van der Waals surface area contributed by atoms with Crippen LogP contribution >= 0.6 is 0 Å². The highest BCUT2D eigenvalue weighted by atomic mass is 16.5. The molecule has 0 fully saturated rings. The van der Waals surface area contributed by atoms with Gasteiger partial charge in [0.15, 0.2) is 5.65 Å². The molecule has 0 aliphatic carbocycles. The van der Waals surface area contributed by atoms with E-state index in [4.69, 9.17) is 4.74 Å². The Morgan fingerprint density at radius 2 is 2.29 bits per heavy atom. The Hall–Kier alpha value is -2.11. The Morgan fingerprint density at radius 3 is 2.94 bits per heavy atom. The molecule has 6 heteroatoms. The van der Waals surface area contributed by atoms with E-state index in [1.54, 1.807) is 17.9 Å². The van der Waals surface area contributed by atoms with Crippen molar-refractivity contribution in [3.8, 4) is 5.75 Å². The summed E-state index contributed by atoms with van der Waals surface area (Å²) in [5, 5.41) is 7.55. The molecule has 6 nitrogen and oxygen atoms in total. The van der Waals surface area contributed by atoms with Gasteiger partial charge in [-0.2, -0.15) is 5.10 Å². The predicted molar refractivity (Wildman–Crippen MR) is 63.1 cm³/mol. The molecule has 1 amide bonds. The fourth-order valence-corrected chi connectivity index (χ4v) is 1.71. The number of nitrogens with one attached hydrogen (secondary N) is 1. The molecule has 0 unspecified atom stereocenters. The predicted octanol–water partition coefficient (Wildman–Crippen LogP) is 0.727. The second-order valence-corrected chi connectivity index (χ2v) is 3.57. The Bertz CT molecular complexity index is 562. The monoisotopic (exact) mass is 234 g/mol. The molecule has 0 aromatic carbocycles. The molecule has 0 aliphatic rings. The first-order valence-corrected chi connectivity index (χ1v) is 5.32. The van der Waals surface area contributed by atoms with Crippen LogP contribution in [0.4, 0.5) is 0 Å². The van der Waals surface area contributed by atoms with Crippen molar-refractivity contribution < 1.29 is 9.53 Å².